The van der Waals surface area contributed by atoms with Crippen molar-refractivity contribution in [1.82, 2.24) is 0 Å². The highest BCUT2D eigenvalue weighted by Crippen LogP contribution is 1.95. The molecule has 0 fully saturated rings. The summed E-state index contributed by atoms with van der Waals surface area (Å²) in [5.41, 5.74) is 0. The minimum absolute atomic E-state index is 0.158. The van der Waals surface area contributed by atoms with Gasteiger partial charge in [-0.1, -0.05) is 31.9 Å². The van der Waals surface area contributed by atoms with Gasteiger partial charge in [-0.15, -0.1) is 0 Å². The van der Waals surface area contributed by atoms with E-state index in [0.29, 0.717) is 0 Å². The minimum atomic E-state index is -1.45. The van der Waals surface area contributed by atoms with Gasteiger partial charge in [-0.05, 0) is 12.8 Å². The van der Waals surface area contributed by atoms with Crippen LogP contribution in [0.4, 0.5) is 0 Å². The summed E-state index contributed by atoms with van der Waals surface area (Å²) in [6.45, 7) is 0. The van der Waals surface area contributed by atoms with Crippen molar-refractivity contribution in [2.75, 3.05) is 10.6 Å². The Hall–Kier alpha value is 0.960. The van der Waals surface area contributed by atoms with Crippen molar-refractivity contribution in [3.63, 3.8) is 0 Å². The molecule has 38 valence electrons. The second kappa shape index (κ2) is 5.96. The molecule has 6 heavy (non-hydrogen) atoms. The van der Waals surface area contributed by atoms with E-state index in [9.17, 15) is 0 Å². The quantitative estimate of drug-likeness (QED) is 0.641. The van der Waals surface area contributed by atoms with Gasteiger partial charge in [0.15, 0.2) is 0 Å². The van der Waals surface area contributed by atoms with Crippen LogP contribution in [0.1, 0.15) is 18.3 Å². The number of hydrogen-bond acceptors (Lipinski definition) is 0. The smallest absolute Gasteiger partial charge is 0.0387 e. The van der Waals surface area contributed by atoms with Gasteiger partial charge in [0, 0.05) is 16.0 Å². The van der Waals surface area contributed by atoms with Gasteiger partial charge in [0.05, 0.1) is 0 Å². The monoisotopic (exact) mass is 218 g/mol. The maximum atomic E-state index is 7.01. The van der Waals surface area contributed by atoms with Gasteiger partial charge >= 0.3 is 0 Å². The Bertz CT molecular complexity index is 88.8. The zero-order chi connectivity index (χ0) is 8.41. The molecule has 0 amide bonds. The fourth-order valence-electron chi connectivity index (χ4n) is 0.0945. The Labute approximate surface area is 61.2 Å². The lowest BCUT2D eigenvalue weighted by Crippen LogP contribution is -1.73. The summed E-state index contributed by atoms with van der Waals surface area (Å²) < 4.78 is 28.0. The lowest BCUT2D eigenvalue weighted by atomic mass is 10.4. The standard InChI is InChI=1S/C4H8Br2/c5-3-1-2-4-6/h1-4H2/i3D2,4D2. The lowest BCUT2D eigenvalue weighted by Gasteiger charge is -1.83. The summed E-state index contributed by atoms with van der Waals surface area (Å²) in [6.07, 6.45) is 0.316. The second-order valence-corrected chi connectivity index (χ2v) is 1.89. The third kappa shape index (κ3) is 4.96. The molecule has 0 atom stereocenters. The van der Waals surface area contributed by atoms with Gasteiger partial charge in [0.1, 0.15) is 0 Å². The molecule has 0 aliphatic carbocycles. The highest BCUT2D eigenvalue weighted by atomic mass is 79.9. The van der Waals surface area contributed by atoms with Gasteiger partial charge in [0.25, 0.3) is 0 Å². The molecule has 0 aromatic heterocycles. The largest absolute Gasteiger partial charge is 0.0928 e. The Morgan fingerprint density at radius 2 is 1.50 bits per heavy atom. The van der Waals surface area contributed by atoms with E-state index in [1.807, 2.05) is 0 Å². The molecule has 0 aromatic rings. The normalized spacial score (nSPS) is 23.7. The number of alkyl halides is 2. The molecule has 0 spiro atoms. The number of hydrogen-bond donors (Lipinski definition) is 0. The molecule has 0 heterocycles. The SMILES string of the molecule is [2H]C([2H])(Br)CCC([2H])([2H])Br. The summed E-state index contributed by atoms with van der Waals surface area (Å²) in [7, 11) is 0. The molecule has 0 saturated heterocycles. The molecular formula is C4H8Br2. The molecule has 0 N–H and O–H groups in total. The average Bonchev–Trinajstić information content (AvgIpc) is 1.57. The summed E-state index contributed by atoms with van der Waals surface area (Å²) >= 11 is 5.55. The van der Waals surface area contributed by atoms with Crippen molar-refractivity contribution >= 4 is 31.9 Å². The minimum Gasteiger partial charge on any atom is -0.0928 e. The number of halogens is 2. The molecule has 0 rings (SSSR count). The van der Waals surface area contributed by atoms with Crippen molar-refractivity contribution in [1.29, 1.82) is 0 Å². The van der Waals surface area contributed by atoms with E-state index in [4.69, 9.17) is 5.48 Å². The Morgan fingerprint density at radius 1 is 1.17 bits per heavy atom. The van der Waals surface area contributed by atoms with E-state index in [2.05, 4.69) is 31.9 Å². The van der Waals surface area contributed by atoms with Crippen LogP contribution < -0.4 is 0 Å². The van der Waals surface area contributed by atoms with Crippen LogP contribution in [0.15, 0.2) is 0 Å². The van der Waals surface area contributed by atoms with Crippen LogP contribution in [-0.2, 0) is 0 Å². The Balaban J connectivity index is 3.56. The molecule has 0 bridgehead atoms. The van der Waals surface area contributed by atoms with E-state index in [-0.39, 0.29) is 12.8 Å². The number of rotatable bonds is 3. The highest BCUT2D eigenvalue weighted by molar-refractivity contribution is 9.09. The first-order valence-electron chi connectivity index (χ1n) is 3.59. The maximum Gasteiger partial charge on any atom is 0.0387 e. The van der Waals surface area contributed by atoms with Gasteiger partial charge in [-0.3, -0.25) is 0 Å². The molecule has 0 saturated carbocycles. The van der Waals surface area contributed by atoms with Crippen molar-refractivity contribution in [2.24, 2.45) is 0 Å². The molecule has 0 radical (unpaired) electrons. The topological polar surface area (TPSA) is 0 Å². The van der Waals surface area contributed by atoms with E-state index in [1.165, 1.54) is 0 Å². The third-order valence-corrected chi connectivity index (χ3v) is 1.11. The lowest BCUT2D eigenvalue weighted by molar-refractivity contribution is 0.919. The van der Waals surface area contributed by atoms with Gasteiger partial charge in [-0.2, -0.15) is 0 Å². The van der Waals surface area contributed by atoms with E-state index >= 15 is 0 Å². The summed E-state index contributed by atoms with van der Waals surface area (Å²) in [5.74, 6) is 0. The van der Waals surface area contributed by atoms with E-state index in [1.54, 1.807) is 0 Å². The first kappa shape index (κ1) is 2.49. The van der Waals surface area contributed by atoms with Crippen molar-refractivity contribution < 1.29 is 5.48 Å². The van der Waals surface area contributed by atoms with E-state index < -0.39 is 10.6 Å². The van der Waals surface area contributed by atoms with Crippen molar-refractivity contribution in [3.05, 3.63) is 0 Å². The molecule has 0 aromatic carbocycles. The van der Waals surface area contributed by atoms with Crippen LogP contribution in [0.3, 0.4) is 0 Å². The van der Waals surface area contributed by atoms with Crippen LogP contribution in [0.25, 0.3) is 0 Å². The van der Waals surface area contributed by atoms with Gasteiger partial charge in [-0.25, -0.2) is 0 Å². The van der Waals surface area contributed by atoms with Crippen LogP contribution in [0.5, 0.6) is 0 Å². The average molecular weight is 220 g/mol. The molecule has 2 heteroatoms. The zero-order valence-electron chi connectivity index (χ0n) is 7.17. The fourth-order valence-corrected chi connectivity index (χ4v) is 0.491. The Morgan fingerprint density at radius 3 is 1.67 bits per heavy atom. The van der Waals surface area contributed by atoms with Crippen LogP contribution in [-0.4, -0.2) is 10.6 Å². The first-order valence-corrected chi connectivity index (χ1v) is 3.17. The molecule has 0 aliphatic heterocycles. The zero-order valence-corrected chi connectivity index (χ0v) is 6.34. The molecule has 0 unspecified atom stereocenters. The summed E-state index contributed by atoms with van der Waals surface area (Å²) in [4.78, 5) is 0. The second-order valence-electron chi connectivity index (χ2n) is 0.767. The summed E-state index contributed by atoms with van der Waals surface area (Å²) in [6, 6.07) is 0. The Kier molecular flexibility index (Phi) is 2.48. The molecule has 0 aliphatic rings. The van der Waals surface area contributed by atoms with Crippen molar-refractivity contribution in [3.8, 4) is 0 Å². The van der Waals surface area contributed by atoms with Crippen LogP contribution in [0, 0.1) is 0 Å². The predicted molar refractivity (Wildman–Crippen MR) is 36.8 cm³/mol. The highest BCUT2D eigenvalue weighted by Gasteiger charge is 1.77. The summed E-state index contributed by atoms with van der Waals surface area (Å²) in [5, 5.41) is -2.90. The first-order chi connectivity index (χ1) is 4.21. The van der Waals surface area contributed by atoms with Gasteiger partial charge in [0.2, 0.25) is 0 Å². The molecule has 0 nitrogen and oxygen atoms in total. The van der Waals surface area contributed by atoms with E-state index in [0.717, 1.165) is 0 Å². The predicted octanol–water partition coefficient (Wildman–Crippen LogP) is 2.56. The maximum absolute atomic E-state index is 7.01. The van der Waals surface area contributed by atoms with Crippen molar-refractivity contribution in [2.45, 2.75) is 12.8 Å². The van der Waals surface area contributed by atoms with Crippen LogP contribution >= 0.6 is 31.9 Å². The third-order valence-electron chi connectivity index (χ3n) is 0.314. The van der Waals surface area contributed by atoms with Gasteiger partial charge < -0.3 is 0 Å². The van der Waals surface area contributed by atoms with Crippen LogP contribution in [0.2, 0.25) is 0 Å². The molecular weight excluding hydrogens is 208 g/mol. The fraction of sp³-hybridized carbons (Fsp3) is 1.00.